The van der Waals surface area contributed by atoms with E-state index in [9.17, 15) is 5.11 Å². The Balaban J connectivity index is 2.09. The number of rotatable bonds is 5. The van der Waals surface area contributed by atoms with E-state index in [0.717, 1.165) is 38.2 Å². The zero-order chi connectivity index (χ0) is 13.0. The smallest absolute Gasteiger partial charge is 0.119 e. The van der Waals surface area contributed by atoms with Gasteiger partial charge >= 0.3 is 0 Å². The number of likely N-dealkylation sites (N-methyl/N-ethyl adjacent to an activating group) is 1. The highest BCUT2D eigenvalue weighted by Gasteiger charge is 2.24. The van der Waals surface area contributed by atoms with Crippen LogP contribution in [-0.4, -0.2) is 36.8 Å². The van der Waals surface area contributed by atoms with Crippen LogP contribution in [0.2, 0.25) is 0 Å². The summed E-state index contributed by atoms with van der Waals surface area (Å²) in [7, 11) is 2.14. The molecule has 3 heteroatoms. The largest absolute Gasteiger partial charge is 0.508 e. The molecule has 18 heavy (non-hydrogen) atoms. The van der Waals surface area contributed by atoms with Crippen molar-refractivity contribution in [3.63, 3.8) is 0 Å². The fraction of sp³-hybridized carbons (Fsp3) is 0.600. The summed E-state index contributed by atoms with van der Waals surface area (Å²) in [6.07, 6.45) is 3.31. The maximum Gasteiger partial charge on any atom is 0.119 e. The first-order valence-electron chi connectivity index (χ1n) is 6.82. The first-order valence-corrected chi connectivity index (χ1v) is 6.82. The van der Waals surface area contributed by atoms with E-state index < -0.39 is 0 Å². The summed E-state index contributed by atoms with van der Waals surface area (Å²) in [6.45, 7) is 4.51. The lowest BCUT2D eigenvalue weighted by atomic mass is 9.86. The summed E-state index contributed by atoms with van der Waals surface area (Å²) in [4.78, 5) is 2.34. The van der Waals surface area contributed by atoms with Gasteiger partial charge < -0.3 is 9.84 Å². The fourth-order valence-corrected chi connectivity index (χ4v) is 2.77. The number of hydrogen-bond acceptors (Lipinski definition) is 3. The number of phenols is 1. The van der Waals surface area contributed by atoms with Crippen LogP contribution in [0.1, 0.15) is 36.9 Å². The molecule has 1 aromatic rings. The molecular weight excluding hydrogens is 226 g/mol. The van der Waals surface area contributed by atoms with Crippen molar-refractivity contribution in [2.75, 3.05) is 26.8 Å². The lowest BCUT2D eigenvalue weighted by molar-refractivity contribution is 0.103. The molecule has 2 rings (SSSR count). The minimum Gasteiger partial charge on any atom is -0.508 e. The third kappa shape index (κ3) is 2.85. The molecule has 1 aliphatic rings. The zero-order valence-electron chi connectivity index (χ0n) is 11.4. The second-order valence-electron chi connectivity index (χ2n) is 4.93. The van der Waals surface area contributed by atoms with Crippen LogP contribution in [-0.2, 0) is 11.2 Å². The number of nitrogens with zero attached hydrogens (tertiary/aromatic N) is 1. The first-order chi connectivity index (χ1) is 8.74. The van der Waals surface area contributed by atoms with E-state index in [1.54, 1.807) is 6.07 Å². The van der Waals surface area contributed by atoms with Gasteiger partial charge in [-0.15, -0.1) is 0 Å². The molecule has 3 nitrogen and oxygen atoms in total. The van der Waals surface area contributed by atoms with Crippen LogP contribution in [0.5, 0.6) is 5.75 Å². The molecule has 0 fully saturated rings. The first kappa shape index (κ1) is 13.4. The summed E-state index contributed by atoms with van der Waals surface area (Å²) in [5.74, 6) is 0.454. The van der Waals surface area contributed by atoms with Crippen LogP contribution in [0.3, 0.4) is 0 Å². The van der Waals surface area contributed by atoms with E-state index in [1.165, 1.54) is 12.0 Å². The van der Waals surface area contributed by atoms with Crippen LogP contribution >= 0.6 is 0 Å². The van der Waals surface area contributed by atoms with E-state index >= 15 is 0 Å². The Morgan fingerprint density at radius 1 is 1.44 bits per heavy atom. The molecule has 1 atom stereocenters. The summed E-state index contributed by atoms with van der Waals surface area (Å²) in [5.41, 5.74) is 2.43. The molecule has 100 valence electrons. The van der Waals surface area contributed by atoms with Gasteiger partial charge in [-0.2, -0.15) is 0 Å². The second-order valence-corrected chi connectivity index (χ2v) is 4.93. The Morgan fingerprint density at radius 3 is 3.06 bits per heavy atom. The van der Waals surface area contributed by atoms with Crippen molar-refractivity contribution in [1.29, 1.82) is 0 Å². The number of aromatic hydroxyl groups is 1. The minimum atomic E-state index is 0.418. The Morgan fingerprint density at radius 2 is 2.28 bits per heavy atom. The van der Waals surface area contributed by atoms with Crippen molar-refractivity contribution in [3.8, 4) is 5.75 Å². The van der Waals surface area contributed by atoms with Crippen molar-refractivity contribution in [2.24, 2.45) is 0 Å². The molecule has 0 aromatic heterocycles. The zero-order valence-corrected chi connectivity index (χ0v) is 11.4. The lowest BCUT2D eigenvalue weighted by Gasteiger charge is -2.33. The van der Waals surface area contributed by atoms with Crippen LogP contribution in [0.4, 0.5) is 0 Å². The van der Waals surface area contributed by atoms with Crippen LogP contribution in [0, 0.1) is 0 Å². The Bertz CT molecular complexity index is 392. The molecule has 0 saturated heterocycles. The SMILES string of the molecule is CCOCCN(C)C1CCCc2c(O)cccc21. The van der Waals surface area contributed by atoms with Gasteiger partial charge in [0.1, 0.15) is 5.75 Å². The predicted octanol–water partition coefficient (Wildman–Crippen LogP) is 2.74. The van der Waals surface area contributed by atoms with Gasteiger partial charge in [0.25, 0.3) is 0 Å². The topological polar surface area (TPSA) is 32.7 Å². The van der Waals surface area contributed by atoms with Gasteiger partial charge in [-0.1, -0.05) is 12.1 Å². The van der Waals surface area contributed by atoms with Gasteiger partial charge in [-0.05, 0) is 50.4 Å². The molecule has 0 radical (unpaired) electrons. The molecule has 1 aliphatic carbocycles. The quantitative estimate of drug-likeness (QED) is 0.814. The molecule has 1 N–H and O–H groups in total. The van der Waals surface area contributed by atoms with Crippen molar-refractivity contribution >= 4 is 0 Å². The van der Waals surface area contributed by atoms with Gasteiger partial charge in [0, 0.05) is 19.2 Å². The van der Waals surface area contributed by atoms with E-state index in [2.05, 4.69) is 18.0 Å². The monoisotopic (exact) mass is 249 g/mol. The highest BCUT2D eigenvalue weighted by Crippen LogP contribution is 2.37. The summed E-state index contributed by atoms with van der Waals surface area (Å²) in [6, 6.07) is 6.31. The van der Waals surface area contributed by atoms with Gasteiger partial charge in [0.15, 0.2) is 0 Å². The summed E-state index contributed by atoms with van der Waals surface area (Å²) in [5, 5.41) is 9.93. The number of fused-ring (bicyclic) bond motifs is 1. The Hall–Kier alpha value is -1.06. The third-order valence-electron chi connectivity index (χ3n) is 3.78. The average molecular weight is 249 g/mol. The fourth-order valence-electron chi connectivity index (χ4n) is 2.77. The van der Waals surface area contributed by atoms with Crippen LogP contribution in [0.15, 0.2) is 18.2 Å². The van der Waals surface area contributed by atoms with Crippen molar-refractivity contribution in [3.05, 3.63) is 29.3 Å². The maximum atomic E-state index is 9.93. The van der Waals surface area contributed by atoms with E-state index in [0.29, 0.717) is 11.8 Å². The number of phenolic OH excluding ortho intramolecular Hbond substituents is 1. The van der Waals surface area contributed by atoms with Gasteiger partial charge in [0.2, 0.25) is 0 Å². The van der Waals surface area contributed by atoms with Gasteiger partial charge in [-0.25, -0.2) is 0 Å². The molecule has 0 aliphatic heterocycles. The molecule has 0 amide bonds. The lowest BCUT2D eigenvalue weighted by Crippen LogP contribution is -2.30. The van der Waals surface area contributed by atoms with E-state index in [4.69, 9.17) is 4.74 Å². The highest BCUT2D eigenvalue weighted by atomic mass is 16.5. The van der Waals surface area contributed by atoms with Crippen LogP contribution < -0.4 is 0 Å². The van der Waals surface area contributed by atoms with Gasteiger partial charge in [-0.3, -0.25) is 4.90 Å². The minimum absolute atomic E-state index is 0.418. The third-order valence-corrected chi connectivity index (χ3v) is 3.78. The predicted molar refractivity (Wildman–Crippen MR) is 72.9 cm³/mol. The number of ether oxygens (including phenoxy) is 1. The Kier molecular flexibility index (Phi) is 4.61. The highest BCUT2D eigenvalue weighted by molar-refractivity contribution is 5.42. The molecule has 0 spiro atoms. The molecular formula is C15H23NO2. The average Bonchev–Trinajstić information content (AvgIpc) is 2.39. The standard InChI is InChI=1S/C15H23NO2/c1-3-18-11-10-16(2)14-8-4-7-13-12(14)6-5-9-15(13)17/h5-6,9,14,17H,3-4,7-8,10-11H2,1-2H3. The summed E-state index contributed by atoms with van der Waals surface area (Å²) < 4.78 is 5.42. The molecule has 0 bridgehead atoms. The van der Waals surface area contributed by atoms with Gasteiger partial charge in [0.05, 0.1) is 6.61 Å². The number of benzene rings is 1. The van der Waals surface area contributed by atoms with E-state index in [1.807, 2.05) is 13.0 Å². The molecule has 1 unspecified atom stereocenters. The van der Waals surface area contributed by atoms with Crippen molar-refractivity contribution in [1.82, 2.24) is 4.90 Å². The molecule has 1 aromatic carbocycles. The Labute approximate surface area is 109 Å². The maximum absolute atomic E-state index is 9.93. The van der Waals surface area contributed by atoms with E-state index in [-0.39, 0.29) is 0 Å². The van der Waals surface area contributed by atoms with Crippen molar-refractivity contribution < 1.29 is 9.84 Å². The van der Waals surface area contributed by atoms with Crippen LogP contribution in [0.25, 0.3) is 0 Å². The number of hydrogen-bond donors (Lipinski definition) is 1. The molecule has 0 saturated carbocycles. The second kappa shape index (κ2) is 6.21. The normalized spacial score (nSPS) is 18.9. The summed E-state index contributed by atoms with van der Waals surface area (Å²) >= 11 is 0. The van der Waals surface area contributed by atoms with Crippen molar-refractivity contribution in [2.45, 2.75) is 32.2 Å². The molecule has 0 heterocycles.